The smallest absolute Gasteiger partial charge is 0.303 e. The quantitative estimate of drug-likeness (QED) is 0.402. The van der Waals surface area contributed by atoms with Crippen molar-refractivity contribution >= 4 is 12.0 Å². The Morgan fingerprint density at radius 1 is 1.06 bits per heavy atom. The highest BCUT2D eigenvalue weighted by Crippen LogP contribution is 2.32. The van der Waals surface area contributed by atoms with Crippen LogP contribution in [-0.2, 0) is 11.2 Å². The van der Waals surface area contributed by atoms with Gasteiger partial charge in [0.15, 0.2) is 0 Å². The fraction of sp³-hybridized carbons (Fsp3) is 0.185. The third kappa shape index (κ3) is 5.22. The molecule has 4 rings (SSSR count). The largest absolute Gasteiger partial charge is 0.398 e. The zero-order valence-electron chi connectivity index (χ0n) is 18.0. The molecule has 2 aromatic carbocycles. The number of halogens is 3. The van der Waals surface area contributed by atoms with Crippen LogP contribution in [0.4, 0.5) is 13.2 Å². The summed E-state index contributed by atoms with van der Waals surface area (Å²) in [6, 6.07) is 19.2. The van der Waals surface area contributed by atoms with Gasteiger partial charge < -0.3 is 4.79 Å². The summed E-state index contributed by atoms with van der Waals surface area (Å²) in [5.41, 5.74) is 4.82. The highest BCUT2D eigenvalue weighted by atomic mass is 19.4. The van der Waals surface area contributed by atoms with Gasteiger partial charge in [-0.15, -0.1) is 0 Å². The summed E-state index contributed by atoms with van der Waals surface area (Å²) in [5, 5.41) is 4.70. The van der Waals surface area contributed by atoms with Gasteiger partial charge in [0.2, 0.25) is 0 Å². The Kier molecular flexibility index (Phi) is 6.45. The van der Waals surface area contributed by atoms with Gasteiger partial charge in [0, 0.05) is 17.9 Å². The van der Waals surface area contributed by atoms with Gasteiger partial charge in [0.1, 0.15) is 6.29 Å². The van der Waals surface area contributed by atoms with Crippen LogP contribution in [0.5, 0.6) is 0 Å². The number of aryl methyl sites for hydroxylation is 1. The van der Waals surface area contributed by atoms with Crippen LogP contribution in [-0.4, -0.2) is 22.2 Å². The molecule has 1 aliphatic rings. The number of carbonyl (C=O) groups is 1. The van der Waals surface area contributed by atoms with Crippen LogP contribution in [0.25, 0.3) is 17.0 Å². The van der Waals surface area contributed by atoms with E-state index in [1.54, 1.807) is 10.8 Å². The van der Waals surface area contributed by atoms with Gasteiger partial charge in [-0.05, 0) is 30.7 Å². The maximum Gasteiger partial charge on any atom is 0.398 e. The Hall–Kier alpha value is -3.67. The molecule has 3 nitrogen and oxygen atoms in total. The molecule has 1 heterocycles. The van der Waals surface area contributed by atoms with Crippen molar-refractivity contribution in [2.45, 2.75) is 25.4 Å². The molecular weight excluding hydrogens is 425 g/mol. The normalized spacial score (nSPS) is 16.8. The van der Waals surface area contributed by atoms with E-state index in [4.69, 9.17) is 5.10 Å². The highest BCUT2D eigenvalue weighted by molar-refractivity contribution is 5.71. The Balaban J connectivity index is 1.73. The second-order valence-corrected chi connectivity index (χ2v) is 8.06. The van der Waals surface area contributed by atoms with Crippen LogP contribution in [0.1, 0.15) is 22.7 Å². The van der Waals surface area contributed by atoms with Gasteiger partial charge >= 0.3 is 6.18 Å². The number of benzene rings is 2. The third-order valence-corrected chi connectivity index (χ3v) is 5.61. The maximum atomic E-state index is 13.2. The maximum absolute atomic E-state index is 13.2. The van der Waals surface area contributed by atoms with E-state index in [0.717, 1.165) is 40.8 Å². The van der Waals surface area contributed by atoms with Crippen LogP contribution in [0.3, 0.4) is 0 Å². The van der Waals surface area contributed by atoms with E-state index >= 15 is 0 Å². The number of alkyl halides is 3. The minimum absolute atomic E-state index is 0.367. The fourth-order valence-corrected chi connectivity index (χ4v) is 3.78. The number of rotatable bonds is 6. The van der Waals surface area contributed by atoms with Crippen molar-refractivity contribution in [2.75, 3.05) is 0 Å². The first-order valence-corrected chi connectivity index (χ1v) is 10.6. The highest BCUT2D eigenvalue weighted by Gasteiger charge is 2.36. The molecule has 0 bridgehead atoms. The lowest BCUT2D eigenvalue weighted by Crippen LogP contribution is -2.18. The first kappa shape index (κ1) is 22.5. The zero-order chi connectivity index (χ0) is 23.4. The molecule has 2 atom stereocenters. The molecule has 0 saturated heterocycles. The van der Waals surface area contributed by atoms with Crippen molar-refractivity contribution in [2.24, 2.45) is 5.92 Å². The van der Waals surface area contributed by atoms with Gasteiger partial charge in [-0.3, -0.25) is 0 Å². The predicted molar refractivity (Wildman–Crippen MR) is 123 cm³/mol. The van der Waals surface area contributed by atoms with Crippen molar-refractivity contribution in [3.8, 4) is 11.3 Å². The molecular formula is C27H23F3N2O. The van der Waals surface area contributed by atoms with Gasteiger partial charge in [-0.25, -0.2) is 4.68 Å². The molecule has 1 aromatic heterocycles. The third-order valence-electron chi connectivity index (χ3n) is 5.61. The van der Waals surface area contributed by atoms with E-state index < -0.39 is 12.1 Å². The molecule has 0 fully saturated rings. The van der Waals surface area contributed by atoms with E-state index in [9.17, 15) is 18.0 Å². The number of carbonyl (C=O) groups excluding carboxylic acids is 1. The summed E-state index contributed by atoms with van der Waals surface area (Å²) in [7, 11) is 0. The Labute approximate surface area is 190 Å². The Bertz CT molecular complexity index is 1200. The number of aldehydes is 1. The van der Waals surface area contributed by atoms with Crippen molar-refractivity contribution in [3.05, 3.63) is 108 Å². The molecule has 6 heteroatoms. The van der Waals surface area contributed by atoms with Crippen LogP contribution in [0.15, 0.2) is 91.0 Å². The lowest BCUT2D eigenvalue weighted by molar-refractivity contribution is -0.148. The number of allylic oxidation sites excluding steroid dienone is 6. The molecule has 168 valence electrons. The molecule has 0 saturated carbocycles. The summed E-state index contributed by atoms with van der Waals surface area (Å²) in [4.78, 5) is 11.8. The molecule has 0 amide bonds. The van der Waals surface area contributed by atoms with Gasteiger partial charge in [-0.1, -0.05) is 78.4 Å². The first-order chi connectivity index (χ1) is 15.8. The molecule has 0 N–H and O–H groups in total. The van der Waals surface area contributed by atoms with Gasteiger partial charge in [0.25, 0.3) is 0 Å². The summed E-state index contributed by atoms with van der Waals surface area (Å²) in [5.74, 6) is -2.02. The van der Waals surface area contributed by atoms with E-state index in [1.807, 2.05) is 67.6 Å². The Morgan fingerprint density at radius 2 is 1.79 bits per heavy atom. The minimum Gasteiger partial charge on any atom is -0.303 e. The van der Waals surface area contributed by atoms with Crippen molar-refractivity contribution in [1.29, 1.82) is 0 Å². The van der Waals surface area contributed by atoms with E-state index in [0.29, 0.717) is 17.8 Å². The second-order valence-electron chi connectivity index (χ2n) is 8.06. The van der Waals surface area contributed by atoms with Crippen LogP contribution in [0, 0.1) is 12.8 Å². The molecule has 2 unspecified atom stereocenters. The average Bonchev–Trinajstić information content (AvgIpc) is 3.05. The zero-order valence-corrected chi connectivity index (χ0v) is 18.0. The average molecular weight is 448 g/mol. The standard InChI is InChI=1S/C27H23F3N2O/c1-19-10-12-21(13-11-19)26-17-24(16-22(18-33)20-6-3-2-4-7-20)31-32(26)25-9-5-8-23(14-15-25)27(28,29)30/h2-15,17-18,22-23H,16H2,1H3. The van der Waals surface area contributed by atoms with Crippen LogP contribution >= 0.6 is 0 Å². The number of hydrogen-bond donors (Lipinski definition) is 0. The van der Waals surface area contributed by atoms with Crippen molar-refractivity contribution in [1.82, 2.24) is 9.78 Å². The lowest BCUT2D eigenvalue weighted by Gasteiger charge is -2.12. The van der Waals surface area contributed by atoms with Crippen molar-refractivity contribution < 1.29 is 18.0 Å². The molecule has 0 radical (unpaired) electrons. The second kappa shape index (κ2) is 9.45. The van der Waals surface area contributed by atoms with Gasteiger partial charge in [-0.2, -0.15) is 18.3 Å². The van der Waals surface area contributed by atoms with Crippen molar-refractivity contribution in [3.63, 3.8) is 0 Å². The number of nitrogens with zero attached hydrogens (tertiary/aromatic N) is 2. The summed E-state index contributed by atoms with van der Waals surface area (Å²) >= 11 is 0. The summed E-state index contributed by atoms with van der Waals surface area (Å²) < 4.78 is 41.2. The monoisotopic (exact) mass is 448 g/mol. The topological polar surface area (TPSA) is 34.9 Å². The Morgan fingerprint density at radius 3 is 2.45 bits per heavy atom. The van der Waals surface area contributed by atoms with Gasteiger partial charge in [0.05, 0.1) is 23.0 Å². The van der Waals surface area contributed by atoms with Crippen LogP contribution < -0.4 is 0 Å². The van der Waals surface area contributed by atoms with Crippen LogP contribution in [0.2, 0.25) is 0 Å². The molecule has 3 aromatic rings. The van der Waals surface area contributed by atoms with E-state index in [1.165, 1.54) is 12.2 Å². The molecule has 1 aliphatic carbocycles. The summed E-state index contributed by atoms with van der Waals surface area (Å²) in [6.07, 6.45) is 3.67. The molecule has 33 heavy (non-hydrogen) atoms. The summed E-state index contributed by atoms with van der Waals surface area (Å²) in [6.45, 7) is 1.99. The fourth-order valence-electron chi connectivity index (χ4n) is 3.78. The van der Waals surface area contributed by atoms with E-state index in [2.05, 4.69) is 0 Å². The SMILES string of the molecule is Cc1ccc(-c2cc(CC(C=O)c3ccccc3)nn2C2=CC=CC(C(F)(F)F)C=C2)cc1. The number of hydrogen-bond acceptors (Lipinski definition) is 2. The number of aromatic nitrogens is 2. The minimum atomic E-state index is -4.35. The predicted octanol–water partition coefficient (Wildman–Crippen LogP) is 6.53. The first-order valence-electron chi connectivity index (χ1n) is 10.6. The van der Waals surface area contributed by atoms with E-state index in [-0.39, 0.29) is 5.92 Å². The molecule has 0 aliphatic heterocycles. The molecule has 0 spiro atoms. The lowest BCUT2D eigenvalue weighted by atomic mass is 9.95.